The second-order valence-corrected chi connectivity index (χ2v) is 2.79. The standard InChI is InChI=1S/C9H16O2/c1-3-5-8(2)6-4-7-9(10)11/h4,6,8H,3,5,7H2,1-2H3,(H,10,11)/b6-4+/t8-/m1/s1. The summed E-state index contributed by atoms with van der Waals surface area (Å²) in [6, 6.07) is 0. The Hall–Kier alpha value is -0.790. The summed E-state index contributed by atoms with van der Waals surface area (Å²) < 4.78 is 0. The SMILES string of the molecule is CCC[C@@H](C)/C=C/CC(=O)O. The third kappa shape index (κ3) is 7.10. The zero-order valence-electron chi connectivity index (χ0n) is 7.21. The molecule has 0 radical (unpaired) electrons. The first-order chi connectivity index (χ1) is 5.16. The van der Waals surface area contributed by atoms with Crippen LogP contribution in [0.1, 0.15) is 33.1 Å². The topological polar surface area (TPSA) is 37.3 Å². The number of carbonyl (C=O) groups is 1. The molecule has 0 aliphatic rings. The van der Waals surface area contributed by atoms with Gasteiger partial charge in [0.15, 0.2) is 0 Å². The Morgan fingerprint density at radius 2 is 2.27 bits per heavy atom. The van der Waals surface area contributed by atoms with Gasteiger partial charge in [-0.2, -0.15) is 0 Å². The molecule has 2 nitrogen and oxygen atoms in total. The van der Waals surface area contributed by atoms with Crippen LogP contribution in [0.5, 0.6) is 0 Å². The first kappa shape index (κ1) is 10.2. The maximum absolute atomic E-state index is 10.1. The number of aliphatic carboxylic acids is 1. The lowest BCUT2D eigenvalue weighted by atomic mass is 10.1. The quantitative estimate of drug-likeness (QED) is 0.621. The summed E-state index contributed by atoms with van der Waals surface area (Å²) in [5, 5.41) is 8.31. The van der Waals surface area contributed by atoms with Crippen molar-refractivity contribution in [3.05, 3.63) is 12.2 Å². The van der Waals surface area contributed by atoms with Crippen LogP contribution in [-0.4, -0.2) is 11.1 Å². The summed E-state index contributed by atoms with van der Waals surface area (Å²) in [4.78, 5) is 10.1. The molecule has 0 unspecified atom stereocenters. The van der Waals surface area contributed by atoms with Gasteiger partial charge in [0.05, 0.1) is 6.42 Å². The third-order valence-electron chi connectivity index (χ3n) is 1.50. The van der Waals surface area contributed by atoms with E-state index >= 15 is 0 Å². The first-order valence-electron chi connectivity index (χ1n) is 4.05. The minimum atomic E-state index is -0.759. The van der Waals surface area contributed by atoms with Gasteiger partial charge in [-0.15, -0.1) is 0 Å². The molecule has 1 atom stereocenters. The predicted octanol–water partition coefficient (Wildman–Crippen LogP) is 2.45. The highest BCUT2D eigenvalue weighted by Crippen LogP contribution is 2.06. The number of allylic oxidation sites excluding steroid dienone is 1. The molecule has 0 spiro atoms. The summed E-state index contributed by atoms with van der Waals surface area (Å²) in [7, 11) is 0. The lowest BCUT2D eigenvalue weighted by Crippen LogP contribution is -1.92. The normalized spacial score (nSPS) is 13.6. The summed E-state index contributed by atoms with van der Waals surface area (Å²) >= 11 is 0. The van der Waals surface area contributed by atoms with Gasteiger partial charge in [0.2, 0.25) is 0 Å². The fraction of sp³-hybridized carbons (Fsp3) is 0.667. The predicted molar refractivity (Wildman–Crippen MR) is 45.5 cm³/mol. The van der Waals surface area contributed by atoms with Crippen LogP contribution >= 0.6 is 0 Å². The lowest BCUT2D eigenvalue weighted by molar-refractivity contribution is -0.136. The van der Waals surface area contributed by atoms with Crippen molar-refractivity contribution >= 4 is 5.97 Å². The van der Waals surface area contributed by atoms with Crippen LogP contribution in [0.2, 0.25) is 0 Å². The van der Waals surface area contributed by atoms with E-state index in [9.17, 15) is 4.79 Å². The molecule has 0 fully saturated rings. The van der Waals surface area contributed by atoms with E-state index in [0.29, 0.717) is 5.92 Å². The minimum Gasteiger partial charge on any atom is -0.481 e. The fourth-order valence-electron chi connectivity index (χ4n) is 0.953. The van der Waals surface area contributed by atoms with Gasteiger partial charge in [-0.1, -0.05) is 32.4 Å². The van der Waals surface area contributed by atoms with E-state index < -0.39 is 5.97 Å². The number of hydrogen-bond acceptors (Lipinski definition) is 1. The number of hydrogen-bond donors (Lipinski definition) is 1. The molecule has 0 aromatic heterocycles. The maximum atomic E-state index is 10.1. The van der Waals surface area contributed by atoms with E-state index in [1.54, 1.807) is 6.08 Å². The molecule has 0 aromatic rings. The van der Waals surface area contributed by atoms with Gasteiger partial charge in [-0.25, -0.2) is 0 Å². The molecule has 2 heteroatoms. The van der Waals surface area contributed by atoms with Crippen LogP contribution in [0.3, 0.4) is 0 Å². The Morgan fingerprint density at radius 3 is 2.73 bits per heavy atom. The molecular weight excluding hydrogens is 140 g/mol. The smallest absolute Gasteiger partial charge is 0.307 e. The lowest BCUT2D eigenvalue weighted by Gasteiger charge is -2.00. The highest BCUT2D eigenvalue weighted by Gasteiger charge is 1.94. The summed E-state index contributed by atoms with van der Waals surface area (Å²) in [5.74, 6) is -0.246. The largest absolute Gasteiger partial charge is 0.481 e. The zero-order valence-corrected chi connectivity index (χ0v) is 7.21. The van der Waals surface area contributed by atoms with Crippen LogP contribution in [0.4, 0.5) is 0 Å². The van der Waals surface area contributed by atoms with E-state index in [0.717, 1.165) is 12.8 Å². The molecule has 0 heterocycles. The highest BCUT2D eigenvalue weighted by molar-refractivity contribution is 5.68. The zero-order chi connectivity index (χ0) is 8.69. The van der Waals surface area contributed by atoms with Crippen molar-refractivity contribution in [2.45, 2.75) is 33.1 Å². The van der Waals surface area contributed by atoms with Crippen LogP contribution < -0.4 is 0 Å². The Kier molecular flexibility index (Phi) is 5.53. The molecule has 0 aromatic carbocycles. The second kappa shape index (κ2) is 5.96. The van der Waals surface area contributed by atoms with Crippen molar-refractivity contribution < 1.29 is 9.90 Å². The van der Waals surface area contributed by atoms with Crippen LogP contribution in [0, 0.1) is 5.92 Å². The average molecular weight is 156 g/mol. The van der Waals surface area contributed by atoms with Crippen molar-refractivity contribution in [2.75, 3.05) is 0 Å². The molecule has 0 saturated carbocycles. The van der Waals surface area contributed by atoms with E-state index in [1.807, 2.05) is 6.08 Å². The van der Waals surface area contributed by atoms with Crippen molar-refractivity contribution in [1.82, 2.24) is 0 Å². The molecular formula is C9H16O2. The van der Waals surface area contributed by atoms with Crippen LogP contribution in [-0.2, 0) is 4.79 Å². The van der Waals surface area contributed by atoms with Gasteiger partial charge in [0, 0.05) is 0 Å². The molecule has 0 aliphatic carbocycles. The first-order valence-corrected chi connectivity index (χ1v) is 4.05. The molecule has 0 amide bonds. The van der Waals surface area contributed by atoms with E-state index in [4.69, 9.17) is 5.11 Å². The van der Waals surface area contributed by atoms with Gasteiger partial charge in [0.25, 0.3) is 0 Å². The highest BCUT2D eigenvalue weighted by atomic mass is 16.4. The molecule has 0 saturated heterocycles. The van der Waals surface area contributed by atoms with Gasteiger partial charge in [-0.05, 0) is 12.3 Å². The number of rotatable bonds is 5. The van der Waals surface area contributed by atoms with Crippen LogP contribution in [0.25, 0.3) is 0 Å². The summed E-state index contributed by atoms with van der Waals surface area (Å²) in [6.07, 6.45) is 6.13. The van der Waals surface area contributed by atoms with Gasteiger partial charge < -0.3 is 5.11 Å². The fourth-order valence-corrected chi connectivity index (χ4v) is 0.953. The summed E-state index contributed by atoms with van der Waals surface area (Å²) in [5.41, 5.74) is 0. The van der Waals surface area contributed by atoms with E-state index in [1.165, 1.54) is 0 Å². The van der Waals surface area contributed by atoms with E-state index in [2.05, 4.69) is 13.8 Å². The Bertz CT molecular complexity index is 138. The van der Waals surface area contributed by atoms with Gasteiger partial charge in [0.1, 0.15) is 0 Å². The Balaban J connectivity index is 3.47. The minimum absolute atomic E-state index is 0.147. The van der Waals surface area contributed by atoms with Crippen molar-refractivity contribution in [1.29, 1.82) is 0 Å². The van der Waals surface area contributed by atoms with Crippen LogP contribution in [0.15, 0.2) is 12.2 Å². The van der Waals surface area contributed by atoms with Crippen molar-refractivity contribution in [3.63, 3.8) is 0 Å². The molecule has 0 aliphatic heterocycles. The molecule has 1 N–H and O–H groups in total. The van der Waals surface area contributed by atoms with Crippen molar-refractivity contribution in [2.24, 2.45) is 5.92 Å². The van der Waals surface area contributed by atoms with E-state index in [-0.39, 0.29) is 6.42 Å². The number of carboxylic acid groups (broad SMARTS) is 1. The van der Waals surface area contributed by atoms with Crippen molar-refractivity contribution in [3.8, 4) is 0 Å². The Morgan fingerprint density at radius 1 is 1.64 bits per heavy atom. The molecule has 0 bridgehead atoms. The monoisotopic (exact) mass is 156 g/mol. The maximum Gasteiger partial charge on any atom is 0.307 e. The van der Waals surface area contributed by atoms with Gasteiger partial charge >= 0.3 is 5.97 Å². The molecule has 0 rings (SSSR count). The third-order valence-corrected chi connectivity index (χ3v) is 1.50. The van der Waals surface area contributed by atoms with Gasteiger partial charge in [-0.3, -0.25) is 4.79 Å². The molecule has 64 valence electrons. The number of carboxylic acids is 1. The Labute approximate surface area is 67.9 Å². The molecule has 11 heavy (non-hydrogen) atoms. The average Bonchev–Trinajstić information content (AvgIpc) is 1.87. The summed E-state index contributed by atoms with van der Waals surface area (Å²) in [6.45, 7) is 4.23. The second-order valence-electron chi connectivity index (χ2n) is 2.79.